The van der Waals surface area contributed by atoms with Gasteiger partial charge in [0.05, 0.1) is 6.10 Å². The zero-order valence-electron chi connectivity index (χ0n) is 12.6. The van der Waals surface area contributed by atoms with Gasteiger partial charge in [0.1, 0.15) is 0 Å². The fraction of sp³-hybridized carbons (Fsp3) is 0.400. The minimum atomic E-state index is -1.99. The van der Waals surface area contributed by atoms with Gasteiger partial charge in [0.15, 0.2) is 34.4 Å². The van der Waals surface area contributed by atoms with Crippen molar-refractivity contribution in [2.24, 2.45) is 0 Å². The van der Waals surface area contributed by atoms with Crippen molar-refractivity contribution in [2.75, 3.05) is 6.54 Å². The summed E-state index contributed by atoms with van der Waals surface area (Å²) in [5, 5.41) is 31.2. The number of phenols is 2. The van der Waals surface area contributed by atoms with Crippen LogP contribution in [0.1, 0.15) is 32.4 Å². The van der Waals surface area contributed by atoms with E-state index in [1.807, 2.05) is 0 Å². The average molecular weight is 309 g/mol. The summed E-state index contributed by atoms with van der Waals surface area (Å²) < 4.78 is 0. The summed E-state index contributed by atoms with van der Waals surface area (Å²) in [7, 11) is 0. The minimum Gasteiger partial charge on any atom is -0.504 e. The molecule has 0 radical (unpaired) electrons. The Morgan fingerprint density at radius 3 is 1.95 bits per heavy atom. The first-order chi connectivity index (χ1) is 10.1. The minimum absolute atomic E-state index is 0.257. The maximum atomic E-state index is 11.7. The lowest BCUT2D eigenvalue weighted by molar-refractivity contribution is -0.141. The number of aliphatic hydroxyl groups is 1. The predicted octanol–water partition coefficient (Wildman–Crippen LogP) is 0.227. The van der Waals surface area contributed by atoms with E-state index < -0.39 is 34.7 Å². The molecule has 7 nitrogen and oxygen atoms in total. The van der Waals surface area contributed by atoms with Crippen molar-refractivity contribution in [1.82, 2.24) is 5.32 Å². The molecule has 0 aromatic heterocycles. The largest absolute Gasteiger partial charge is 0.504 e. The van der Waals surface area contributed by atoms with Crippen LogP contribution in [-0.2, 0) is 14.4 Å². The highest BCUT2D eigenvalue weighted by Gasteiger charge is 2.45. The van der Waals surface area contributed by atoms with Gasteiger partial charge in [-0.15, -0.1) is 0 Å². The third kappa shape index (κ3) is 3.32. The molecule has 1 unspecified atom stereocenters. The van der Waals surface area contributed by atoms with Gasteiger partial charge in [-0.3, -0.25) is 19.7 Å². The summed E-state index contributed by atoms with van der Waals surface area (Å²) in [4.78, 5) is 35.2. The van der Waals surface area contributed by atoms with E-state index in [0.717, 1.165) is 26.8 Å². The highest BCUT2D eigenvalue weighted by Crippen LogP contribution is 2.27. The van der Waals surface area contributed by atoms with E-state index in [2.05, 4.69) is 5.32 Å². The first-order valence-corrected chi connectivity index (χ1v) is 6.61. The Hall–Kier alpha value is -2.25. The molecule has 1 rings (SSSR count). The molecule has 120 valence electrons. The van der Waals surface area contributed by atoms with Gasteiger partial charge >= 0.3 is 0 Å². The molecule has 0 spiro atoms. The van der Waals surface area contributed by atoms with Gasteiger partial charge in [-0.05, 0) is 38.5 Å². The normalized spacial score (nSPS) is 12.7. The fourth-order valence-corrected chi connectivity index (χ4v) is 2.23. The molecule has 7 heteroatoms. The monoisotopic (exact) mass is 309 g/mol. The smallest absolute Gasteiger partial charge is 0.194 e. The molecule has 0 amide bonds. The third-order valence-corrected chi connectivity index (χ3v) is 3.53. The second kappa shape index (κ2) is 6.67. The van der Waals surface area contributed by atoms with E-state index >= 15 is 0 Å². The molecular weight excluding hydrogens is 290 g/mol. The zero-order chi connectivity index (χ0) is 17.1. The van der Waals surface area contributed by atoms with E-state index in [0.29, 0.717) is 0 Å². The Morgan fingerprint density at radius 2 is 1.55 bits per heavy atom. The van der Waals surface area contributed by atoms with Crippen LogP contribution in [0.3, 0.4) is 0 Å². The van der Waals surface area contributed by atoms with Crippen molar-refractivity contribution in [3.8, 4) is 11.5 Å². The van der Waals surface area contributed by atoms with Crippen molar-refractivity contribution in [3.05, 3.63) is 23.8 Å². The SMILES string of the molecule is CC(=O)C(NCC(O)c1ccc(O)c(O)c1)(C(C)=O)C(C)=O. The number of rotatable bonds is 7. The molecule has 1 aromatic rings. The number of benzene rings is 1. The standard InChI is InChI=1S/C15H19NO6/c1-8(17)15(9(2)18,10(3)19)16-7-14(22)11-4-5-12(20)13(21)6-11/h4-6,14,16,20-22H,7H2,1-3H3. The van der Waals surface area contributed by atoms with Gasteiger partial charge in [0.25, 0.3) is 0 Å². The molecule has 4 N–H and O–H groups in total. The highest BCUT2D eigenvalue weighted by molar-refractivity contribution is 6.27. The van der Waals surface area contributed by atoms with Crippen molar-refractivity contribution in [3.63, 3.8) is 0 Å². The van der Waals surface area contributed by atoms with Crippen LogP contribution < -0.4 is 5.32 Å². The summed E-state index contributed by atoms with van der Waals surface area (Å²) in [6.45, 7) is 3.10. The molecule has 0 aliphatic heterocycles. The lowest BCUT2D eigenvalue weighted by Crippen LogP contribution is -2.62. The molecule has 0 aliphatic carbocycles. The van der Waals surface area contributed by atoms with Crippen molar-refractivity contribution in [1.29, 1.82) is 0 Å². The first kappa shape index (κ1) is 17.8. The van der Waals surface area contributed by atoms with E-state index in [9.17, 15) is 29.7 Å². The molecule has 0 aliphatic rings. The average Bonchev–Trinajstić information content (AvgIpc) is 2.41. The van der Waals surface area contributed by atoms with Crippen LogP contribution in [0.5, 0.6) is 11.5 Å². The molecule has 0 fully saturated rings. The number of hydrogen-bond donors (Lipinski definition) is 4. The Labute approximate surface area is 127 Å². The van der Waals surface area contributed by atoms with E-state index in [-0.39, 0.29) is 17.9 Å². The fourth-order valence-electron chi connectivity index (χ4n) is 2.23. The molecule has 1 atom stereocenters. The molecule has 0 heterocycles. The summed E-state index contributed by atoms with van der Waals surface area (Å²) in [6.07, 6.45) is -1.19. The number of aromatic hydroxyl groups is 2. The Bertz CT molecular complexity index is 574. The quantitative estimate of drug-likeness (QED) is 0.420. The van der Waals surface area contributed by atoms with Crippen LogP contribution in [0.25, 0.3) is 0 Å². The highest BCUT2D eigenvalue weighted by atomic mass is 16.3. The number of carbonyl (C=O) groups is 3. The van der Waals surface area contributed by atoms with Crippen LogP contribution in [-0.4, -0.2) is 44.8 Å². The van der Waals surface area contributed by atoms with Crippen LogP contribution in [0.2, 0.25) is 0 Å². The Balaban J connectivity index is 2.98. The van der Waals surface area contributed by atoms with Gasteiger partial charge in [-0.25, -0.2) is 0 Å². The third-order valence-electron chi connectivity index (χ3n) is 3.53. The molecular formula is C15H19NO6. The number of β-amino-alcohol motifs (C(OH)–C–C–N with tert-alkyl or cyclic N) is 1. The number of hydrogen-bond acceptors (Lipinski definition) is 7. The molecule has 0 saturated carbocycles. The summed E-state index contributed by atoms with van der Waals surface area (Å²) in [5.41, 5.74) is -1.73. The lowest BCUT2D eigenvalue weighted by Gasteiger charge is -2.28. The van der Waals surface area contributed by atoms with E-state index in [1.165, 1.54) is 12.1 Å². The summed E-state index contributed by atoms with van der Waals surface area (Å²) >= 11 is 0. The van der Waals surface area contributed by atoms with Crippen LogP contribution in [0, 0.1) is 0 Å². The zero-order valence-corrected chi connectivity index (χ0v) is 12.6. The van der Waals surface area contributed by atoms with Gasteiger partial charge in [0, 0.05) is 6.54 Å². The second-order valence-corrected chi connectivity index (χ2v) is 5.06. The lowest BCUT2D eigenvalue weighted by atomic mass is 9.86. The predicted molar refractivity (Wildman–Crippen MR) is 77.5 cm³/mol. The van der Waals surface area contributed by atoms with E-state index in [1.54, 1.807) is 0 Å². The van der Waals surface area contributed by atoms with Crippen molar-refractivity contribution >= 4 is 17.3 Å². The van der Waals surface area contributed by atoms with Crippen LogP contribution in [0.15, 0.2) is 18.2 Å². The van der Waals surface area contributed by atoms with Gasteiger partial charge < -0.3 is 15.3 Å². The number of ketones is 3. The Morgan fingerprint density at radius 1 is 1.05 bits per heavy atom. The first-order valence-electron chi connectivity index (χ1n) is 6.61. The summed E-state index contributed by atoms with van der Waals surface area (Å²) in [6, 6.07) is 3.72. The maximum Gasteiger partial charge on any atom is 0.194 e. The molecule has 22 heavy (non-hydrogen) atoms. The van der Waals surface area contributed by atoms with E-state index in [4.69, 9.17) is 0 Å². The van der Waals surface area contributed by atoms with Gasteiger partial charge in [0.2, 0.25) is 0 Å². The molecule has 0 bridgehead atoms. The number of carbonyl (C=O) groups excluding carboxylic acids is 3. The number of phenolic OH excluding ortho intramolecular Hbond substituents is 2. The van der Waals surface area contributed by atoms with Crippen molar-refractivity contribution in [2.45, 2.75) is 32.4 Å². The maximum absolute atomic E-state index is 11.7. The second-order valence-electron chi connectivity index (χ2n) is 5.06. The van der Waals surface area contributed by atoms with Crippen LogP contribution >= 0.6 is 0 Å². The van der Waals surface area contributed by atoms with Gasteiger partial charge in [-0.2, -0.15) is 0 Å². The summed E-state index contributed by atoms with van der Waals surface area (Å²) in [5.74, 6) is -2.73. The molecule has 1 aromatic carbocycles. The van der Waals surface area contributed by atoms with Crippen molar-refractivity contribution < 1.29 is 29.7 Å². The van der Waals surface area contributed by atoms with Gasteiger partial charge in [-0.1, -0.05) is 6.07 Å². The number of nitrogens with one attached hydrogen (secondary N) is 1. The van der Waals surface area contributed by atoms with Crippen LogP contribution in [0.4, 0.5) is 0 Å². The number of Topliss-reactive ketones (excluding diaryl/α,β-unsaturated/α-hetero) is 3. The molecule has 0 saturated heterocycles. The number of aliphatic hydroxyl groups excluding tert-OH is 1. The Kier molecular flexibility index (Phi) is 5.40. The topological polar surface area (TPSA) is 124 Å².